The topological polar surface area (TPSA) is 42.9 Å². The van der Waals surface area contributed by atoms with E-state index < -0.39 is 0 Å². The van der Waals surface area contributed by atoms with Crippen LogP contribution in [0, 0.1) is 6.92 Å². The molecule has 0 bridgehead atoms. The summed E-state index contributed by atoms with van der Waals surface area (Å²) in [4.78, 5) is 11.8. The van der Waals surface area contributed by atoms with E-state index in [1.165, 1.54) is 0 Å². The average Bonchev–Trinajstić information content (AvgIpc) is 2.33. The standard InChI is InChI=1S/C13H12N2O/c1-10-7-8-12(15-14-10)9-13(16)11-5-3-2-4-6-11/h2-8H,9H2,1H3. The molecule has 0 aliphatic carbocycles. The Bertz CT molecular complexity index is 477. The number of carbonyl (C=O) groups is 1. The number of aromatic nitrogens is 2. The lowest BCUT2D eigenvalue weighted by Gasteiger charge is -2.00. The molecule has 0 N–H and O–H groups in total. The summed E-state index contributed by atoms with van der Waals surface area (Å²) in [5.74, 6) is 0.0683. The molecule has 0 saturated carbocycles. The number of carbonyl (C=O) groups excluding carboxylic acids is 1. The van der Waals surface area contributed by atoms with Gasteiger partial charge in [0.15, 0.2) is 5.78 Å². The molecule has 80 valence electrons. The van der Waals surface area contributed by atoms with Gasteiger partial charge in [0.2, 0.25) is 0 Å². The monoisotopic (exact) mass is 212 g/mol. The quantitative estimate of drug-likeness (QED) is 0.732. The highest BCUT2D eigenvalue weighted by molar-refractivity contribution is 5.97. The van der Waals surface area contributed by atoms with Gasteiger partial charge in [0.1, 0.15) is 0 Å². The third-order valence-electron chi connectivity index (χ3n) is 2.29. The molecule has 0 spiro atoms. The summed E-state index contributed by atoms with van der Waals surface area (Å²) >= 11 is 0. The van der Waals surface area contributed by atoms with Gasteiger partial charge in [0.25, 0.3) is 0 Å². The van der Waals surface area contributed by atoms with Crippen molar-refractivity contribution in [1.29, 1.82) is 0 Å². The van der Waals surface area contributed by atoms with E-state index in [1.807, 2.05) is 49.4 Å². The molecule has 0 atom stereocenters. The average molecular weight is 212 g/mol. The fourth-order valence-electron chi connectivity index (χ4n) is 1.41. The first kappa shape index (κ1) is 10.5. The third-order valence-corrected chi connectivity index (χ3v) is 2.29. The van der Waals surface area contributed by atoms with Crippen LogP contribution in [0.5, 0.6) is 0 Å². The maximum Gasteiger partial charge on any atom is 0.168 e. The van der Waals surface area contributed by atoms with Gasteiger partial charge in [-0.25, -0.2) is 0 Å². The largest absolute Gasteiger partial charge is 0.294 e. The molecular formula is C13H12N2O. The highest BCUT2D eigenvalue weighted by atomic mass is 16.1. The van der Waals surface area contributed by atoms with Crippen LogP contribution in [0.3, 0.4) is 0 Å². The van der Waals surface area contributed by atoms with Crippen molar-refractivity contribution in [3.63, 3.8) is 0 Å². The van der Waals surface area contributed by atoms with Crippen LogP contribution >= 0.6 is 0 Å². The lowest BCUT2D eigenvalue weighted by atomic mass is 10.1. The van der Waals surface area contributed by atoms with Crippen LogP contribution in [0.1, 0.15) is 21.7 Å². The van der Waals surface area contributed by atoms with Gasteiger partial charge in [-0.2, -0.15) is 10.2 Å². The zero-order valence-corrected chi connectivity index (χ0v) is 9.05. The normalized spacial score (nSPS) is 10.1. The van der Waals surface area contributed by atoms with E-state index in [0.29, 0.717) is 17.7 Å². The molecule has 0 saturated heterocycles. The third kappa shape index (κ3) is 2.51. The van der Waals surface area contributed by atoms with Crippen LogP contribution in [0.15, 0.2) is 42.5 Å². The van der Waals surface area contributed by atoms with Crippen LogP contribution < -0.4 is 0 Å². The van der Waals surface area contributed by atoms with Crippen molar-refractivity contribution in [2.24, 2.45) is 0 Å². The van der Waals surface area contributed by atoms with Crippen molar-refractivity contribution in [1.82, 2.24) is 10.2 Å². The van der Waals surface area contributed by atoms with Gasteiger partial charge in [-0.1, -0.05) is 30.3 Å². The smallest absolute Gasteiger partial charge is 0.168 e. The number of benzene rings is 1. The SMILES string of the molecule is Cc1ccc(CC(=O)c2ccccc2)nn1. The molecule has 0 amide bonds. The molecule has 1 aromatic carbocycles. The Balaban J connectivity index is 2.11. The fraction of sp³-hybridized carbons (Fsp3) is 0.154. The Labute approximate surface area is 94.2 Å². The van der Waals surface area contributed by atoms with Crippen LogP contribution in [0.4, 0.5) is 0 Å². The second kappa shape index (κ2) is 4.66. The van der Waals surface area contributed by atoms with Crippen LogP contribution in [0.2, 0.25) is 0 Å². The molecule has 16 heavy (non-hydrogen) atoms. The Kier molecular flexibility index (Phi) is 3.05. The van der Waals surface area contributed by atoms with Crippen molar-refractivity contribution < 1.29 is 4.79 Å². The molecule has 0 unspecified atom stereocenters. The fourth-order valence-corrected chi connectivity index (χ4v) is 1.41. The summed E-state index contributed by atoms with van der Waals surface area (Å²) in [5, 5.41) is 7.90. The van der Waals surface area contributed by atoms with Gasteiger partial charge in [0.05, 0.1) is 17.8 Å². The lowest BCUT2D eigenvalue weighted by Crippen LogP contribution is -2.05. The summed E-state index contributed by atoms with van der Waals surface area (Å²) in [6.07, 6.45) is 0.303. The molecule has 0 fully saturated rings. The second-order valence-electron chi connectivity index (χ2n) is 3.63. The molecule has 2 rings (SSSR count). The molecule has 0 radical (unpaired) electrons. The number of aryl methyl sites for hydroxylation is 1. The highest BCUT2D eigenvalue weighted by Gasteiger charge is 2.07. The summed E-state index contributed by atoms with van der Waals surface area (Å²) < 4.78 is 0. The molecule has 1 aromatic heterocycles. The van der Waals surface area contributed by atoms with Gasteiger partial charge >= 0.3 is 0 Å². The van der Waals surface area contributed by atoms with Crippen LogP contribution in [-0.4, -0.2) is 16.0 Å². The van der Waals surface area contributed by atoms with Gasteiger partial charge in [0, 0.05) is 5.56 Å². The van der Waals surface area contributed by atoms with Crippen molar-refractivity contribution in [3.05, 3.63) is 59.4 Å². The van der Waals surface area contributed by atoms with E-state index in [9.17, 15) is 4.79 Å². The van der Waals surface area contributed by atoms with Crippen molar-refractivity contribution in [3.8, 4) is 0 Å². The minimum atomic E-state index is 0.0683. The van der Waals surface area contributed by atoms with E-state index in [2.05, 4.69) is 10.2 Å². The van der Waals surface area contributed by atoms with Gasteiger partial charge in [-0.15, -0.1) is 0 Å². The first-order valence-electron chi connectivity index (χ1n) is 5.13. The van der Waals surface area contributed by atoms with Crippen molar-refractivity contribution in [2.45, 2.75) is 13.3 Å². The Hall–Kier alpha value is -2.03. The van der Waals surface area contributed by atoms with E-state index in [4.69, 9.17) is 0 Å². The van der Waals surface area contributed by atoms with E-state index in [-0.39, 0.29) is 5.78 Å². The lowest BCUT2D eigenvalue weighted by molar-refractivity contribution is 0.0991. The number of Topliss-reactive ketones (excluding diaryl/α,β-unsaturated/α-hetero) is 1. The second-order valence-corrected chi connectivity index (χ2v) is 3.63. The number of hydrogen-bond acceptors (Lipinski definition) is 3. The number of nitrogens with zero attached hydrogens (tertiary/aromatic N) is 2. The van der Waals surface area contributed by atoms with E-state index in [1.54, 1.807) is 0 Å². The predicted octanol–water partition coefficient (Wildman–Crippen LogP) is 2.21. The van der Waals surface area contributed by atoms with Crippen LogP contribution in [0.25, 0.3) is 0 Å². The molecule has 3 nitrogen and oxygen atoms in total. The van der Waals surface area contributed by atoms with Gasteiger partial charge < -0.3 is 0 Å². The summed E-state index contributed by atoms with van der Waals surface area (Å²) in [5.41, 5.74) is 2.28. The number of hydrogen-bond donors (Lipinski definition) is 0. The molecule has 2 aromatic rings. The molecule has 1 heterocycles. The molecule has 3 heteroatoms. The van der Waals surface area contributed by atoms with E-state index >= 15 is 0 Å². The minimum absolute atomic E-state index is 0.0683. The van der Waals surface area contributed by atoms with Gasteiger partial charge in [-0.3, -0.25) is 4.79 Å². The highest BCUT2D eigenvalue weighted by Crippen LogP contribution is 2.05. The maximum absolute atomic E-state index is 11.8. The Morgan fingerprint density at radius 2 is 1.81 bits per heavy atom. The minimum Gasteiger partial charge on any atom is -0.294 e. The Morgan fingerprint density at radius 1 is 1.06 bits per heavy atom. The maximum atomic E-state index is 11.8. The van der Waals surface area contributed by atoms with Crippen molar-refractivity contribution >= 4 is 5.78 Å². The molecule has 0 aliphatic heterocycles. The number of ketones is 1. The summed E-state index contributed by atoms with van der Waals surface area (Å²) in [6, 6.07) is 12.9. The first-order chi connectivity index (χ1) is 7.75. The molecule has 0 aliphatic rings. The molecular weight excluding hydrogens is 200 g/mol. The van der Waals surface area contributed by atoms with Crippen molar-refractivity contribution in [2.75, 3.05) is 0 Å². The number of rotatable bonds is 3. The first-order valence-corrected chi connectivity index (χ1v) is 5.13. The predicted molar refractivity (Wildman–Crippen MR) is 61.2 cm³/mol. The zero-order chi connectivity index (χ0) is 11.4. The summed E-state index contributed by atoms with van der Waals surface area (Å²) in [7, 11) is 0. The Morgan fingerprint density at radius 3 is 2.44 bits per heavy atom. The van der Waals surface area contributed by atoms with Gasteiger partial charge in [-0.05, 0) is 19.1 Å². The summed E-state index contributed by atoms with van der Waals surface area (Å²) in [6.45, 7) is 1.87. The van der Waals surface area contributed by atoms with Crippen LogP contribution in [-0.2, 0) is 6.42 Å². The van der Waals surface area contributed by atoms with E-state index in [0.717, 1.165) is 5.69 Å². The zero-order valence-electron chi connectivity index (χ0n) is 9.05.